The van der Waals surface area contributed by atoms with Crippen LogP contribution < -0.4 is 5.73 Å². The second-order valence-corrected chi connectivity index (χ2v) is 3.40. The number of hydrogen-bond donors (Lipinski definition) is 1. The van der Waals surface area contributed by atoms with E-state index in [9.17, 15) is 0 Å². The molecular formula is C9H14N2O. The Kier molecular flexibility index (Phi) is 2.13. The van der Waals surface area contributed by atoms with Crippen LogP contribution in [0.1, 0.15) is 42.9 Å². The van der Waals surface area contributed by atoms with Crippen LogP contribution in [0.3, 0.4) is 0 Å². The zero-order valence-corrected chi connectivity index (χ0v) is 7.12. The van der Waals surface area contributed by atoms with Gasteiger partial charge in [-0.3, -0.25) is 0 Å². The van der Waals surface area contributed by atoms with Crippen LogP contribution in [-0.2, 0) is 6.54 Å². The molecule has 1 aromatic heterocycles. The largest absolute Gasteiger partial charge is 0.364 e. The Balaban J connectivity index is 2.19. The predicted octanol–water partition coefficient (Wildman–Crippen LogP) is 1.79. The van der Waals surface area contributed by atoms with Crippen molar-refractivity contribution in [2.75, 3.05) is 0 Å². The lowest BCUT2D eigenvalue weighted by Crippen LogP contribution is -2.02. The van der Waals surface area contributed by atoms with Crippen LogP contribution in [0.4, 0.5) is 0 Å². The Morgan fingerprint density at radius 1 is 1.50 bits per heavy atom. The third-order valence-corrected chi connectivity index (χ3v) is 2.66. The van der Waals surface area contributed by atoms with Gasteiger partial charge in [-0.2, -0.15) is 0 Å². The fraction of sp³-hybridized carbons (Fsp3) is 0.667. The molecule has 0 bridgehead atoms. The van der Waals surface area contributed by atoms with Crippen molar-refractivity contribution in [1.29, 1.82) is 0 Å². The first-order chi connectivity index (χ1) is 5.92. The zero-order chi connectivity index (χ0) is 8.39. The molecule has 1 fully saturated rings. The van der Waals surface area contributed by atoms with E-state index >= 15 is 0 Å². The highest BCUT2D eigenvalue weighted by Crippen LogP contribution is 2.35. The Morgan fingerprint density at radius 2 is 2.25 bits per heavy atom. The van der Waals surface area contributed by atoms with Crippen molar-refractivity contribution in [2.45, 2.75) is 38.1 Å². The third-order valence-electron chi connectivity index (χ3n) is 2.66. The molecular weight excluding hydrogens is 152 g/mol. The zero-order valence-electron chi connectivity index (χ0n) is 7.12. The Bertz CT molecular complexity index is 251. The van der Waals surface area contributed by atoms with Gasteiger partial charge in [-0.15, -0.1) is 0 Å². The summed E-state index contributed by atoms with van der Waals surface area (Å²) in [5.41, 5.74) is 7.73. The van der Waals surface area contributed by atoms with Gasteiger partial charge in [-0.05, 0) is 18.8 Å². The van der Waals surface area contributed by atoms with Gasteiger partial charge in [-0.1, -0.05) is 18.0 Å². The van der Waals surface area contributed by atoms with E-state index in [0.29, 0.717) is 12.5 Å². The molecule has 1 heterocycles. The van der Waals surface area contributed by atoms with Crippen LogP contribution >= 0.6 is 0 Å². The molecule has 0 saturated heterocycles. The molecule has 3 heteroatoms. The maximum atomic E-state index is 5.54. The molecule has 0 aliphatic heterocycles. The van der Waals surface area contributed by atoms with Crippen molar-refractivity contribution in [2.24, 2.45) is 5.73 Å². The summed E-state index contributed by atoms with van der Waals surface area (Å²) in [7, 11) is 0. The maximum absolute atomic E-state index is 5.54. The third kappa shape index (κ3) is 1.25. The average molecular weight is 166 g/mol. The average Bonchev–Trinajstić information content (AvgIpc) is 2.74. The van der Waals surface area contributed by atoms with E-state index in [0.717, 1.165) is 5.69 Å². The molecule has 1 aromatic rings. The van der Waals surface area contributed by atoms with Gasteiger partial charge in [0.2, 0.25) is 0 Å². The van der Waals surface area contributed by atoms with E-state index in [4.69, 9.17) is 10.3 Å². The van der Waals surface area contributed by atoms with E-state index < -0.39 is 0 Å². The smallest absolute Gasteiger partial charge is 0.127 e. The van der Waals surface area contributed by atoms with Gasteiger partial charge in [-0.25, -0.2) is 0 Å². The molecule has 1 aliphatic carbocycles. The molecule has 0 unspecified atom stereocenters. The Hall–Kier alpha value is -0.830. The molecule has 3 nitrogen and oxygen atoms in total. The van der Waals surface area contributed by atoms with Gasteiger partial charge < -0.3 is 10.3 Å². The van der Waals surface area contributed by atoms with Crippen molar-refractivity contribution >= 4 is 0 Å². The van der Waals surface area contributed by atoms with Crippen molar-refractivity contribution in [3.8, 4) is 0 Å². The molecule has 0 radical (unpaired) electrons. The summed E-state index contributed by atoms with van der Waals surface area (Å²) in [5, 5.41) is 3.88. The van der Waals surface area contributed by atoms with Gasteiger partial charge in [0.1, 0.15) is 12.0 Å². The summed E-state index contributed by atoms with van der Waals surface area (Å²) < 4.78 is 4.92. The highest BCUT2D eigenvalue weighted by molar-refractivity contribution is 5.20. The summed E-state index contributed by atoms with van der Waals surface area (Å²) in [6.45, 7) is 0.502. The summed E-state index contributed by atoms with van der Waals surface area (Å²) >= 11 is 0. The monoisotopic (exact) mass is 166 g/mol. The predicted molar refractivity (Wildman–Crippen MR) is 45.6 cm³/mol. The fourth-order valence-corrected chi connectivity index (χ4v) is 1.99. The molecule has 2 rings (SSSR count). The summed E-state index contributed by atoms with van der Waals surface area (Å²) in [5.74, 6) is 0.662. The first-order valence-electron chi connectivity index (χ1n) is 4.55. The van der Waals surface area contributed by atoms with Gasteiger partial charge in [0, 0.05) is 12.1 Å². The van der Waals surface area contributed by atoms with Crippen molar-refractivity contribution in [3.63, 3.8) is 0 Å². The number of hydrogen-bond acceptors (Lipinski definition) is 3. The van der Waals surface area contributed by atoms with Crippen LogP contribution in [-0.4, -0.2) is 5.16 Å². The SMILES string of the molecule is NCc1nocc1C1CCCC1. The molecule has 0 spiro atoms. The minimum atomic E-state index is 0.502. The lowest BCUT2D eigenvalue weighted by molar-refractivity contribution is 0.411. The van der Waals surface area contributed by atoms with E-state index in [-0.39, 0.29) is 0 Å². The first-order valence-corrected chi connectivity index (χ1v) is 4.55. The summed E-state index contributed by atoms with van der Waals surface area (Å²) in [6.07, 6.45) is 6.97. The second kappa shape index (κ2) is 3.27. The highest BCUT2D eigenvalue weighted by Gasteiger charge is 2.21. The fourth-order valence-electron chi connectivity index (χ4n) is 1.99. The topological polar surface area (TPSA) is 52.0 Å². The normalized spacial score (nSPS) is 18.8. The summed E-state index contributed by atoms with van der Waals surface area (Å²) in [4.78, 5) is 0. The number of nitrogens with two attached hydrogens (primary N) is 1. The number of rotatable bonds is 2. The van der Waals surface area contributed by atoms with Gasteiger partial charge >= 0.3 is 0 Å². The molecule has 0 aromatic carbocycles. The molecule has 1 saturated carbocycles. The number of aromatic nitrogens is 1. The minimum Gasteiger partial charge on any atom is -0.364 e. The van der Waals surface area contributed by atoms with Crippen molar-refractivity contribution in [3.05, 3.63) is 17.5 Å². The van der Waals surface area contributed by atoms with Crippen LogP contribution in [0.25, 0.3) is 0 Å². The molecule has 0 amide bonds. The van der Waals surface area contributed by atoms with Crippen LogP contribution in [0.2, 0.25) is 0 Å². The van der Waals surface area contributed by atoms with E-state index in [1.165, 1.54) is 31.2 Å². The molecule has 12 heavy (non-hydrogen) atoms. The number of nitrogens with zero attached hydrogens (tertiary/aromatic N) is 1. The van der Waals surface area contributed by atoms with Crippen LogP contribution in [0.15, 0.2) is 10.8 Å². The molecule has 1 aliphatic rings. The summed E-state index contributed by atoms with van der Waals surface area (Å²) in [6, 6.07) is 0. The van der Waals surface area contributed by atoms with Crippen LogP contribution in [0.5, 0.6) is 0 Å². The van der Waals surface area contributed by atoms with Crippen molar-refractivity contribution in [1.82, 2.24) is 5.16 Å². The van der Waals surface area contributed by atoms with E-state index in [1.54, 1.807) is 6.26 Å². The second-order valence-electron chi connectivity index (χ2n) is 3.40. The lowest BCUT2D eigenvalue weighted by atomic mass is 9.98. The minimum absolute atomic E-state index is 0.502. The Morgan fingerprint density at radius 3 is 2.92 bits per heavy atom. The van der Waals surface area contributed by atoms with E-state index in [2.05, 4.69) is 5.16 Å². The molecule has 66 valence electrons. The maximum Gasteiger partial charge on any atom is 0.127 e. The standard InChI is InChI=1S/C9H14N2O/c10-5-9-8(6-12-11-9)7-3-1-2-4-7/h6-7H,1-5,10H2. The molecule has 0 atom stereocenters. The first kappa shape index (κ1) is 7.80. The van der Waals surface area contributed by atoms with Crippen molar-refractivity contribution < 1.29 is 4.52 Å². The van der Waals surface area contributed by atoms with E-state index in [1.807, 2.05) is 0 Å². The highest BCUT2D eigenvalue weighted by atomic mass is 16.5. The van der Waals surface area contributed by atoms with Gasteiger partial charge in [0.05, 0.1) is 0 Å². The Labute approximate surface area is 71.9 Å². The lowest BCUT2D eigenvalue weighted by Gasteiger charge is -2.05. The van der Waals surface area contributed by atoms with Crippen LogP contribution in [0, 0.1) is 0 Å². The van der Waals surface area contributed by atoms with Gasteiger partial charge in [0.15, 0.2) is 0 Å². The quantitative estimate of drug-likeness (QED) is 0.728. The molecule has 2 N–H and O–H groups in total. The van der Waals surface area contributed by atoms with Gasteiger partial charge in [0.25, 0.3) is 0 Å².